The molecular formula is C18H20F3NO3. The van der Waals surface area contributed by atoms with Crippen molar-refractivity contribution in [3.63, 3.8) is 0 Å². The van der Waals surface area contributed by atoms with E-state index >= 15 is 0 Å². The van der Waals surface area contributed by atoms with Gasteiger partial charge in [-0.25, -0.2) is 0 Å². The van der Waals surface area contributed by atoms with Gasteiger partial charge in [0.1, 0.15) is 17.6 Å². The summed E-state index contributed by atoms with van der Waals surface area (Å²) >= 11 is 0. The summed E-state index contributed by atoms with van der Waals surface area (Å²) < 4.78 is 49.0. The Bertz CT molecular complexity index is 657. The zero-order valence-electron chi connectivity index (χ0n) is 13.9. The molecule has 0 aromatic heterocycles. The van der Waals surface area contributed by atoms with Crippen LogP contribution in [0.15, 0.2) is 48.5 Å². The lowest BCUT2D eigenvalue weighted by Crippen LogP contribution is -2.32. The third kappa shape index (κ3) is 5.11. The van der Waals surface area contributed by atoms with E-state index in [-0.39, 0.29) is 6.54 Å². The van der Waals surface area contributed by atoms with Crippen LogP contribution in [0.3, 0.4) is 0 Å². The summed E-state index contributed by atoms with van der Waals surface area (Å²) in [6.07, 6.45) is -6.17. The first-order chi connectivity index (χ1) is 11.8. The molecular weight excluding hydrogens is 335 g/mol. The maximum Gasteiger partial charge on any atom is 0.416 e. The van der Waals surface area contributed by atoms with E-state index in [9.17, 15) is 18.3 Å². The van der Waals surface area contributed by atoms with Crippen molar-refractivity contribution < 1.29 is 27.8 Å². The van der Waals surface area contributed by atoms with E-state index in [0.29, 0.717) is 17.1 Å². The maximum atomic E-state index is 12.7. The summed E-state index contributed by atoms with van der Waals surface area (Å²) in [5, 5.41) is 13.1. The minimum atomic E-state index is -4.41. The molecule has 0 spiro atoms. The lowest BCUT2D eigenvalue weighted by atomic mass is 10.0. The van der Waals surface area contributed by atoms with Crippen LogP contribution in [-0.4, -0.2) is 31.9 Å². The van der Waals surface area contributed by atoms with Crippen LogP contribution in [-0.2, 0) is 6.18 Å². The van der Waals surface area contributed by atoms with Crippen LogP contribution in [0, 0.1) is 0 Å². The minimum absolute atomic E-state index is 0.224. The molecule has 2 unspecified atom stereocenters. The first kappa shape index (κ1) is 19.1. The third-order valence-corrected chi connectivity index (χ3v) is 3.65. The van der Waals surface area contributed by atoms with Crippen molar-refractivity contribution in [3.8, 4) is 11.5 Å². The van der Waals surface area contributed by atoms with Crippen molar-refractivity contribution in [1.82, 2.24) is 5.32 Å². The van der Waals surface area contributed by atoms with Gasteiger partial charge in [0, 0.05) is 6.54 Å². The highest BCUT2D eigenvalue weighted by Crippen LogP contribution is 2.32. The number of hydrogen-bond donors (Lipinski definition) is 2. The number of alkyl halides is 3. The predicted octanol–water partition coefficient (Wildman–Crippen LogP) is 3.41. The molecule has 25 heavy (non-hydrogen) atoms. The topological polar surface area (TPSA) is 50.7 Å². The monoisotopic (exact) mass is 355 g/mol. The lowest BCUT2D eigenvalue weighted by Gasteiger charge is -2.25. The zero-order valence-corrected chi connectivity index (χ0v) is 13.9. The fourth-order valence-corrected chi connectivity index (χ4v) is 2.35. The molecule has 0 radical (unpaired) electrons. The number of aliphatic hydroxyl groups is 1. The van der Waals surface area contributed by atoms with Gasteiger partial charge in [-0.15, -0.1) is 0 Å². The SMILES string of the molecule is CNCC(O)C(Oc1ccc(OC)cc1)c1ccc(C(F)(F)F)cc1. The lowest BCUT2D eigenvalue weighted by molar-refractivity contribution is -0.137. The molecule has 0 fully saturated rings. The molecule has 2 N–H and O–H groups in total. The molecule has 0 bridgehead atoms. The Labute approximate surface area is 144 Å². The van der Waals surface area contributed by atoms with E-state index in [0.717, 1.165) is 12.1 Å². The maximum absolute atomic E-state index is 12.7. The highest BCUT2D eigenvalue weighted by atomic mass is 19.4. The van der Waals surface area contributed by atoms with Crippen LogP contribution in [0.4, 0.5) is 13.2 Å². The Hall–Kier alpha value is -2.25. The Kier molecular flexibility index (Phi) is 6.27. The fraction of sp³-hybridized carbons (Fsp3) is 0.333. The molecule has 0 heterocycles. The van der Waals surface area contributed by atoms with Gasteiger partial charge < -0.3 is 19.9 Å². The average Bonchev–Trinajstić information content (AvgIpc) is 2.60. The summed E-state index contributed by atoms with van der Waals surface area (Å²) in [6.45, 7) is 0.224. The number of nitrogens with one attached hydrogen (secondary N) is 1. The van der Waals surface area contributed by atoms with Gasteiger partial charge in [0.05, 0.1) is 12.7 Å². The van der Waals surface area contributed by atoms with Gasteiger partial charge in [-0.1, -0.05) is 12.1 Å². The Morgan fingerprint density at radius 2 is 1.56 bits per heavy atom. The van der Waals surface area contributed by atoms with Gasteiger partial charge in [0.15, 0.2) is 6.10 Å². The second-order valence-corrected chi connectivity index (χ2v) is 5.46. The van der Waals surface area contributed by atoms with E-state index in [1.807, 2.05) is 0 Å². The van der Waals surface area contributed by atoms with Crippen LogP contribution >= 0.6 is 0 Å². The Morgan fingerprint density at radius 1 is 1.00 bits per heavy atom. The quantitative estimate of drug-likeness (QED) is 0.799. The van der Waals surface area contributed by atoms with Crippen molar-refractivity contribution in [2.75, 3.05) is 20.7 Å². The molecule has 0 aliphatic carbocycles. The van der Waals surface area contributed by atoms with Crippen molar-refractivity contribution in [1.29, 1.82) is 0 Å². The molecule has 0 aliphatic heterocycles. The van der Waals surface area contributed by atoms with Gasteiger partial charge in [0.2, 0.25) is 0 Å². The van der Waals surface area contributed by atoms with Gasteiger partial charge >= 0.3 is 6.18 Å². The first-order valence-electron chi connectivity index (χ1n) is 7.65. The smallest absolute Gasteiger partial charge is 0.416 e. The van der Waals surface area contributed by atoms with E-state index in [4.69, 9.17) is 9.47 Å². The molecule has 2 rings (SSSR count). The zero-order chi connectivity index (χ0) is 18.4. The van der Waals surface area contributed by atoms with E-state index in [1.54, 1.807) is 31.3 Å². The second-order valence-electron chi connectivity index (χ2n) is 5.46. The van der Waals surface area contributed by atoms with Crippen molar-refractivity contribution in [3.05, 3.63) is 59.7 Å². The third-order valence-electron chi connectivity index (χ3n) is 3.65. The van der Waals surface area contributed by atoms with Crippen molar-refractivity contribution in [2.45, 2.75) is 18.4 Å². The van der Waals surface area contributed by atoms with E-state index < -0.39 is 23.9 Å². The van der Waals surface area contributed by atoms with Gasteiger partial charge in [-0.3, -0.25) is 0 Å². The molecule has 0 amide bonds. The molecule has 0 aliphatic rings. The van der Waals surface area contributed by atoms with Gasteiger partial charge in [0.25, 0.3) is 0 Å². The van der Waals surface area contributed by atoms with Crippen LogP contribution in [0.25, 0.3) is 0 Å². The Balaban J connectivity index is 2.25. The highest BCUT2D eigenvalue weighted by Gasteiger charge is 2.31. The fourth-order valence-electron chi connectivity index (χ4n) is 2.35. The van der Waals surface area contributed by atoms with Gasteiger partial charge in [-0.05, 0) is 49.0 Å². The van der Waals surface area contributed by atoms with Gasteiger partial charge in [-0.2, -0.15) is 13.2 Å². The summed E-state index contributed by atoms with van der Waals surface area (Å²) in [7, 11) is 3.21. The minimum Gasteiger partial charge on any atom is -0.497 e. The molecule has 2 aromatic carbocycles. The molecule has 136 valence electrons. The van der Waals surface area contributed by atoms with Crippen LogP contribution in [0.1, 0.15) is 17.2 Å². The number of halogens is 3. The normalized spacial score (nSPS) is 14.0. The molecule has 7 heteroatoms. The van der Waals surface area contributed by atoms with E-state index in [1.165, 1.54) is 19.2 Å². The number of benzene rings is 2. The number of aliphatic hydroxyl groups excluding tert-OH is 1. The molecule has 0 saturated carbocycles. The van der Waals surface area contributed by atoms with Crippen LogP contribution in [0.5, 0.6) is 11.5 Å². The average molecular weight is 355 g/mol. The summed E-state index contributed by atoms with van der Waals surface area (Å²) in [5.74, 6) is 1.12. The molecule has 2 atom stereocenters. The number of likely N-dealkylation sites (N-methyl/N-ethyl adjacent to an activating group) is 1. The number of rotatable bonds is 7. The van der Waals surface area contributed by atoms with Crippen molar-refractivity contribution >= 4 is 0 Å². The van der Waals surface area contributed by atoms with Crippen LogP contribution in [0.2, 0.25) is 0 Å². The highest BCUT2D eigenvalue weighted by molar-refractivity contribution is 5.33. The first-order valence-corrected chi connectivity index (χ1v) is 7.65. The molecule has 2 aromatic rings. The summed E-state index contributed by atoms with van der Waals surface area (Å²) in [6, 6.07) is 11.3. The summed E-state index contributed by atoms with van der Waals surface area (Å²) in [5.41, 5.74) is -0.297. The number of hydrogen-bond acceptors (Lipinski definition) is 4. The molecule has 4 nitrogen and oxygen atoms in total. The number of ether oxygens (including phenoxy) is 2. The summed E-state index contributed by atoms with van der Waals surface area (Å²) in [4.78, 5) is 0. The second kappa shape index (κ2) is 8.22. The largest absolute Gasteiger partial charge is 0.497 e. The molecule has 0 saturated heterocycles. The standard InChI is InChI=1S/C18H20F3NO3/c1-22-11-16(23)17(25-15-9-7-14(24-2)8-10-15)12-3-5-13(6-4-12)18(19,20)21/h3-10,16-17,22-23H,11H2,1-2H3. The van der Waals surface area contributed by atoms with Crippen LogP contribution < -0.4 is 14.8 Å². The van der Waals surface area contributed by atoms with E-state index in [2.05, 4.69) is 5.32 Å². The predicted molar refractivity (Wildman–Crippen MR) is 87.7 cm³/mol. The van der Waals surface area contributed by atoms with Crippen molar-refractivity contribution in [2.24, 2.45) is 0 Å². The Morgan fingerprint density at radius 3 is 2.04 bits per heavy atom. The number of methoxy groups -OCH3 is 1.